The summed E-state index contributed by atoms with van der Waals surface area (Å²) in [6.45, 7) is 9.02. The van der Waals surface area contributed by atoms with Crippen molar-refractivity contribution in [2.75, 3.05) is 29.0 Å². The fourth-order valence-electron chi connectivity index (χ4n) is 5.45. The molecule has 1 saturated heterocycles. The van der Waals surface area contributed by atoms with E-state index in [1.165, 1.54) is 4.90 Å². The molecule has 4 rings (SSSR count). The Bertz CT molecular complexity index is 902. The first-order valence-corrected chi connectivity index (χ1v) is 11.7. The molecule has 1 aromatic rings. The lowest BCUT2D eigenvalue weighted by molar-refractivity contribution is -0.0109. The number of benzene rings is 1. The first kappa shape index (κ1) is 22.6. The summed E-state index contributed by atoms with van der Waals surface area (Å²) in [7, 11) is 0. The van der Waals surface area contributed by atoms with E-state index in [0.29, 0.717) is 30.5 Å². The van der Waals surface area contributed by atoms with E-state index in [-0.39, 0.29) is 17.6 Å². The Morgan fingerprint density at radius 3 is 2.44 bits per heavy atom. The number of piperidine rings is 1. The number of nitrogen functional groups attached to an aromatic ring is 1. The molecule has 2 atom stereocenters. The van der Waals surface area contributed by atoms with Gasteiger partial charge in [0.15, 0.2) is 0 Å². The number of rotatable bonds is 2. The highest BCUT2D eigenvalue weighted by Gasteiger charge is 2.49. The zero-order valence-corrected chi connectivity index (χ0v) is 19.6. The third kappa shape index (κ3) is 4.07. The van der Waals surface area contributed by atoms with Gasteiger partial charge in [0.2, 0.25) is 0 Å². The highest BCUT2D eigenvalue weighted by atomic mass is 16.6. The molecule has 1 spiro atoms. The molecule has 2 aliphatic heterocycles. The molecular weight excluding hydrogens is 408 g/mol. The third-order valence-electron chi connectivity index (χ3n) is 7.46. The lowest BCUT2D eigenvalue weighted by Gasteiger charge is -2.54. The molecule has 1 saturated carbocycles. The van der Waals surface area contributed by atoms with E-state index >= 15 is 0 Å². The van der Waals surface area contributed by atoms with Crippen LogP contribution in [-0.2, 0) is 11.2 Å². The third-order valence-corrected chi connectivity index (χ3v) is 7.46. The highest BCUT2D eigenvalue weighted by Crippen LogP contribution is 2.51. The number of amides is 2. The van der Waals surface area contributed by atoms with Crippen LogP contribution >= 0.6 is 0 Å². The number of carbonyl (C=O) groups excluding carboxylic acids is 1. The summed E-state index contributed by atoms with van der Waals surface area (Å²) in [5, 5.41) is 13.3. The fourth-order valence-corrected chi connectivity index (χ4v) is 5.45. The van der Waals surface area contributed by atoms with Crippen molar-refractivity contribution in [2.45, 2.75) is 83.9 Å². The van der Waals surface area contributed by atoms with Gasteiger partial charge in [0.05, 0.1) is 17.1 Å². The average molecular weight is 445 g/mol. The van der Waals surface area contributed by atoms with Crippen LogP contribution in [0, 0.1) is 5.41 Å². The van der Waals surface area contributed by atoms with Gasteiger partial charge in [-0.1, -0.05) is 0 Å². The number of fused-ring (bicyclic) bond motifs is 1. The Balaban J connectivity index is 1.44. The maximum atomic E-state index is 12.4. The standard InChI is InChI=1S/C24H36N4O4/c1-15-5-6-16-18(28(15)21(29)30)8-7-17(20(16)25)26-19-9-10-24(19)11-13-27(14-12-24)22(31)32-23(2,3)4/h7-8,15,19,26H,5-6,9-14,25H2,1-4H3,(H,29,30)/t15-,19?/m0/s1. The molecule has 8 nitrogen and oxygen atoms in total. The summed E-state index contributed by atoms with van der Waals surface area (Å²) in [5.41, 5.74) is 9.39. The molecule has 2 fully saturated rings. The number of likely N-dealkylation sites (tertiary alicyclic amines) is 1. The smallest absolute Gasteiger partial charge is 0.412 e. The molecule has 8 heteroatoms. The monoisotopic (exact) mass is 444 g/mol. The van der Waals surface area contributed by atoms with Crippen molar-refractivity contribution in [3.05, 3.63) is 17.7 Å². The number of carboxylic acid groups (broad SMARTS) is 1. The van der Waals surface area contributed by atoms with E-state index in [1.807, 2.05) is 44.7 Å². The minimum atomic E-state index is -0.937. The molecule has 1 unspecified atom stereocenters. The summed E-state index contributed by atoms with van der Waals surface area (Å²) in [6, 6.07) is 4.06. The van der Waals surface area contributed by atoms with Crippen LogP contribution in [0.3, 0.4) is 0 Å². The van der Waals surface area contributed by atoms with Crippen LogP contribution in [0.25, 0.3) is 0 Å². The van der Waals surface area contributed by atoms with Crippen LogP contribution in [0.15, 0.2) is 12.1 Å². The van der Waals surface area contributed by atoms with Crippen LogP contribution in [-0.4, -0.2) is 53.0 Å². The van der Waals surface area contributed by atoms with Gasteiger partial charge in [-0.15, -0.1) is 0 Å². The first-order chi connectivity index (χ1) is 15.0. The molecule has 32 heavy (non-hydrogen) atoms. The molecule has 0 aromatic heterocycles. The number of anilines is 3. The Morgan fingerprint density at radius 1 is 1.19 bits per heavy atom. The zero-order chi connectivity index (χ0) is 23.3. The molecule has 3 aliphatic rings. The predicted molar refractivity (Wildman–Crippen MR) is 125 cm³/mol. The average Bonchev–Trinajstić information content (AvgIpc) is 2.71. The number of hydrogen-bond donors (Lipinski definition) is 3. The molecule has 4 N–H and O–H groups in total. The summed E-state index contributed by atoms with van der Waals surface area (Å²) in [5.74, 6) is 0. The predicted octanol–water partition coefficient (Wildman–Crippen LogP) is 4.68. The lowest BCUT2D eigenvalue weighted by atomic mass is 9.59. The minimum absolute atomic E-state index is 0.0525. The second-order valence-corrected chi connectivity index (χ2v) is 10.6. The van der Waals surface area contributed by atoms with Gasteiger partial charge < -0.3 is 25.8 Å². The Hall–Kier alpha value is -2.64. The van der Waals surface area contributed by atoms with Crippen molar-refractivity contribution in [2.24, 2.45) is 5.41 Å². The summed E-state index contributed by atoms with van der Waals surface area (Å²) in [4.78, 5) is 27.4. The normalized spacial score (nSPS) is 24.5. The molecule has 0 bridgehead atoms. The van der Waals surface area contributed by atoms with E-state index < -0.39 is 11.7 Å². The van der Waals surface area contributed by atoms with Crippen molar-refractivity contribution in [1.29, 1.82) is 0 Å². The van der Waals surface area contributed by atoms with E-state index in [4.69, 9.17) is 10.5 Å². The Labute approximate surface area is 190 Å². The Morgan fingerprint density at radius 2 is 1.88 bits per heavy atom. The van der Waals surface area contributed by atoms with Gasteiger partial charge in [0, 0.05) is 30.7 Å². The first-order valence-electron chi connectivity index (χ1n) is 11.7. The second kappa shape index (κ2) is 8.05. The second-order valence-electron chi connectivity index (χ2n) is 10.6. The largest absolute Gasteiger partial charge is 0.465 e. The van der Waals surface area contributed by atoms with E-state index in [1.54, 1.807) is 0 Å². The molecule has 176 valence electrons. The van der Waals surface area contributed by atoms with Gasteiger partial charge >= 0.3 is 12.2 Å². The number of carbonyl (C=O) groups is 2. The molecule has 1 aromatic carbocycles. The van der Waals surface area contributed by atoms with E-state index in [2.05, 4.69) is 5.32 Å². The topological polar surface area (TPSA) is 108 Å². The van der Waals surface area contributed by atoms with Gasteiger partial charge in [0.1, 0.15) is 5.60 Å². The van der Waals surface area contributed by atoms with Crippen LogP contribution in [0.5, 0.6) is 0 Å². The molecule has 2 heterocycles. The quantitative estimate of drug-likeness (QED) is 0.572. The van der Waals surface area contributed by atoms with Crippen LogP contribution in [0.2, 0.25) is 0 Å². The van der Waals surface area contributed by atoms with Crippen LogP contribution < -0.4 is 16.0 Å². The van der Waals surface area contributed by atoms with Crippen molar-refractivity contribution in [1.82, 2.24) is 4.90 Å². The van der Waals surface area contributed by atoms with Crippen LogP contribution in [0.4, 0.5) is 26.7 Å². The Kier molecular flexibility index (Phi) is 5.67. The number of ether oxygens (including phenoxy) is 1. The molecular formula is C24H36N4O4. The van der Waals surface area contributed by atoms with E-state index in [0.717, 1.165) is 49.8 Å². The van der Waals surface area contributed by atoms with Gasteiger partial charge in [-0.3, -0.25) is 4.90 Å². The van der Waals surface area contributed by atoms with E-state index in [9.17, 15) is 14.7 Å². The number of nitrogens with zero attached hydrogens (tertiary/aromatic N) is 2. The molecule has 2 amide bonds. The zero-order valence-electron chi connectivity index (χ0n) is 19.6. The van der Waals surface area contributed by atoms with Gasteiger partial charge in [-0.2, -0.15) is 0 Å². The summed E-state index contributed by atoms with van der Waals surface area (Å²) >= 11 is 0. The van der Waals surface area contributed by atoms with Gasteiger partial charge in [-0.05, 0) is 83.8 Å². The maximum absolute atomic E-state index is 12.4. The number of nitrogens with two attached hydrogens (primary N) is 1. The van der Waals surface area contributed by atoms with Crippen molar-refractivity contribution >= 4 is 29.2 Å². The van der Waals surface area contributed by atoms with Crippen LogP contribution in [0.1, 0.15) is 65.4 Å². The van der Waals surface area contributed by atoms with Crippen molar-refractivity contribution in [3.63, 3.8) is 0 Å². The number of hydrogen-bond acceptors (Lipinski definition) is 5. The molecule has 1 aliphatic carbocycles. The van der Waals surface area contributed by atoms with Crippen molar-refractivity contribution in [3.8, 4) is 0 Å². The maximum Gasteiger partial charge on any atom is 0.412 e. The summed E-state index contributed by atoms with van der Waals surface area (Å²) in [6.07, 6.45) is 4.48. The fraction of sp³-hybridized carbons (Fsp3) is 0.667. The van der Waals surface area contributed by atoms with Gasteiger partial charge in [-0.25, -0.2) is 9.59 Å². The number of nitrogens with one attached hydrogen (secondary N) is 1. The highest BCUT2D eigenvalue weighted by molar-refractivity contribution is 5.92. The van der Waals surface area contributed by atoms with Gasteiger partial charge in [0.25, 0.3) is 0 Å². The summed E-state index contributed by atoms with van der Waals surface area (Å²) < 4.78 is 5.53. The lowest BCUT2D eigenvalue weighted by Crippen LogP contribution is -2.56. The van der Waals surface area contributed by atoms with Crippen molar-refractivity contribution < 1.29 is 19.4 Å². The minimum Gasteiger partial charge on any atom is -0.465 e. The molecule has 0 radical (unpaired) electrons. The SMILES string of the molecule is C[C@H]1CCc2c(ccc(NC3CCC34CCN(C(=O)OC(C)(C)C)CC4)c2N)N1C(=O)O.